The number of aromatic nitrogens is 2. The van der Waals surface area contributed by atoms with E-state index >= 15 is 0 Å². The minimum absolute atomic E-state index is 0.501. The summed E-state index contributed by atoms with van der Waals surface area (Å²) in [5.41, 5.74) is 1.49. The molecule has 3 rings (SSSR count). The predicted molar refractivity (Wildman–Crippen MR) is 74.7 cm³/mol. The maximum absolute atomic E-state index is 4.29. The van der Waals surface area contributed by atoms with Crippen molar-refractivity contribution in [3.05, 3.63) is 30.0 Å². The standard InChI is InChI=1S/C15H19N3/c1-10-12-6-4-5-7-13(12)14(18-17-10)16-9-11-8-15(11,2)3/h4-7,11H,8-9H2,1-3H3,(H,16,18). The van der Waals surface area contributed by atoms with Gasteiger partial charge in [0.25, 0.3) is 0 Å². The third-order valence-corrected chi connectivity index (χ3v) is 4.11. The number of anilines is 1. The van der Waals surface area contributed by atoms with Crippen LogP contribution < -0.4 is 5.32 Å². The topological polar surface area (TPSA) is 37.8 Å². The van der Waals surface area contributed by atoms with Gasteiger partial charge in [0.2, 0.25) is 0 Å². The molecule has 1 N–H and O–H groups in total. The first-order valence-corrected chi connectivity index (χ1v) is 6.54. The van der Waals surface area contributed by atoms with Gasteiger partial charge in [-0.1, -0.05) is 38.1 Å². The van der Waals surface area contributed by atoms with Gasteiger partial charge in [0, 0.05) is 17.3 Å². The van der Waals surface area contributed by atoms with Crippen LogP contribution in [-0.2, 0) is 0 Å². The fourth-order valence-electron chi connectivity index (χ4n) is 2.51. The van der Waals surface area contributed by atoms with Crippen molar-refractivity contribution in [2.75, 3.05) is 11.9 Å². The van der Waals surface area contributed by atoms with Crippen molar-refractivity contribution in [1.82, 2.24) is 10.2 Å². The lowest BCUT2D eigenvalue weighted by molar-refractivity contribution is 0.572. The summed E-state index contributed by atoms with van der Waals surface area (Å²) in [5, 5.41) is 14.3. The number of aryl methyl sites for hydroxylation is 1. The largest absolute Gasteiger partial charge is 0.368 e. The molecular formula is C15H19N3. The first-order chi connectivity index (χ1) is 8.58. The number of rotatable bonds is 3. The van der Waals surface area contributed by atoms with Crippen LogP contribution in [0.25, 0.3) is 10.8 Å². The highest BCUT2D eigenvalue weighted by atomic mass is 15.2. The molecule has 0 amide bonds. The molecule has 94 valence electrons. The second kappa shape index (κ2) is 3.94. The molecule has 1 aromatic carbocycles. The maximum Gasteiger partial charge on any atom is 0.156 e. The minimum Gasteiger partial charge on any atom is -0.368 e. The van der Waals surface area contributed by atoms with Gasteiger partial charge in [-0.25, -0.2) is 0 Å². The second-order valence-electron chi connectivity index (χ2n) is 5.95. The van der Waals surface area contributed by atoms with E-state index in [9.17, 15) is 0 Å². The minimum atomic E-state index is 0.501. The van der Waals surface area contributed by atoms with Crippen molar-refractivity contribution < 1.29 is 0 Å². The number of nitrogens with zero attached hydrogens (tertiary/aromatic N) is 2. The lowest BCUT2D eigenvalue weighted by Crippen LogP contribution is -2.09. The average molecular weight is 241 g/mol. The van der Waals surface area contributed by atoms with E-state index in [1.54, 1.807) is 0 Å². The maximum atomic E-state index is 4.29. The summed E-state index contributed by atoms with van der Waals surface area (Å²) < 4.78 is 0. The van der Waals surface area contributed by atoms with Gasteiger partial charge < -0.3 is 5.32 Å². The van der Waals surface area contributed by atoms with Gasteiger partial charge in [0.05, 0.1) is 5.69 Å². The molecule has 1 aromatic heterocycles. The highest BCUT2D eigenvalue weighted by Crippen LogP contribution is 2.51. The van der Waals surface area contributed by atoms with E-state index in [4.69, 9.17) is 0 Å². The molecule has 18 heavy (non-hydrogen) atoms. The summed E-state index contributed by atoms with van der Waals surface area (Å²) in [7, 11) is 0. The Kier molecular flexibility index (Phi) is 2.51. The Morgan fingerprint density at radius 2 is 1.89 bits per heavy atom. The van der Waals surface area contributed by atoms with Gasteiger partial charge in [-0.05, 0) is 24.7 Å². The van der Waals surface area contributed by atoms with Crippen molar-refractivity contribution in [2.24, 2.45) is 11.3 Å². The van der Waals surface area contributed by atoms with Crippen molar-refractivity contribution in [3.63, 3.8) is 0 Å². The van der Waals surface area contributed by atoms with Crippen LogP contribution in [0, 0.1) is 18.3 Å². The Labute approximate surface area is 108 Å². The monoisotopic (exact) mass is 241 g/mol. The molecule has 0 saturated heterocycles. The van der Waals surface area contributed by atoms with Crippen LogP contribution in [0.1, 0.15) is 26.0 Å². The van der Waals surface area contributed by atoms with Gasteiger partial charge >= 0.3 is 0 Å². The van der Waals surface area contributed by atoms with Crippen LogP contribution in [0.3, 0.4) is 0 Å². The number of hydrogen-bond acceptors (Lipinski definition) is 3. The summed E-state index contributed by atoms with van der Waals surface area (Å²) in [5.74, 6) is 1.68. The van der Waals surface area contributed by atoms with Crippen molar-refractivity contribution in [3.8, 4) is 0 Å². The Bertz CT molecular complexity index is 589. The zero-order valence-corrected chi connectivity index (χ0v) is 11.2. The van der Waals surface area contributed by atoms with Crippen LogP contribution in [0.4, 0.5) is 5.82 Å². The fourth-order valence-corrected chi connectivity index (χ4v) is 2.51. The molecular weight excluding hydrogens is 222 g/mol. The molecule has 0 spiro atoms. The van der Waals surface area contributed by atoms with Gasteiger partial charge in [-0.3, -0.25) is 0 Å². The SMILES string of the molecule is Cc1nnc(NCC2CC2(C)C)c2ccccc12. The van der Waals surface area contributed by atoms with Crippen LogP contribution in [-0.4, -0.2) is 16.7 Å². The summed E-state index contributed by atoms with van der Waals surface area (Å²) in [6, 6.07) is 8.31. The molecule has 3 nitrogen and oxygen atoms in total. The average Bonchev–Trinajstić information content (AvgIpc) is 2.97. The summed E-state index contributed by atoms with van der Waals surface area (Å²) in [6.45, 7) is 7.63. The highest BCUT2D eigenvalue weighted by Gasteiger charge is 2.45. The molecule has 2 aromatic rings. The summed E-state index contributed by atoms with van der Waals surface area (Å²) in [4.78, 5) is 0. The first-order valence-electron chi connectivity index (χ1n) is 6.54. The van der Waals surface area contributed by atoms with E-state index < -0.39 is 0 Å². The molecule has 1 aliphatic rings. The van der Waals surface area contributed by atoms with Gasteiger partial charge in [0.15, 0.2) is 5.82 Å². The number of hydrogen-bond donors (Lipinski definition) is 1. The fraction of sp³-hybridized carbons (Fsp3) is 0.467. The molecule has 1 saturated carbocycles. The van der Waals surface area contributed by atoms with Gasteiger partial charge in [-0.15, -0.1) is 5.10 Å². The quantitative estimate of drug-likeness (QED) is 0.895. The molecule has 3 heteroatoms. The van der Waals surface area contributed by atoms with E-state index in [1.807, 2.05) is 13.0 Å². The van der Waals surface area contributed by atoms with E-state index in [-0.39, 0.29) is 0 Å². The lowest BCUT2D eigenvalue weighted by Gasteiger charge is -2.10. The summed E-state index contributed by atoms with van der Waals surface area (Å²) in [6.07, 6.45) is 1.30. The molecule has 0 bridgehead atoms. The Morgan fingerprint density at radius 1 is 1.22 bits per heavy atom. The van der Waals surface area contributed by atoms with E-state index in [0.29, 0.717) is 5.41 Å². The molecule has 1 fully saturated rings. The Balaban J connectivity index is 1.86. The number of fused-ring (bicyclic) bond motifs is 1. The van der Waals surface area contributed by atoms with Crippen LogP contribution in [0.5, 0.6) is 0 Å². The third kappa shape index (κ3) is 1.94. The van der Waals surface area contributed by atoms with Gasteiger partial charge in [-0.2, -0.15) is 5.10 Å². The lowest BCUT2D eigenvalue weighted by atomic mass is 10.1. The molecule has 0 aliphatic heterocycles. The van der Waals surface area contributed by atoms with Crippen LogP contribution >= 0.6 is 0 Å². The third-order valence-electron chi connectivity index (χ3n) is 4.11. The van der Waals surface area contributed by atoms with E-state index in [0.717, 1.165) is 24.0 Å². The predicted octanol–water partition coefficient (Wildman–Crippen LogP) is 3.40. The van der Waals surface area contributed by atoms with Crippen molar-refractivity contribution >= 4 is 16.6 Å². The van der Waals surface area contributed by atoms with Crippen molar-refractivity contribution in [1.29, 1.82) is 0 Å². The normalized spacial score (nSPS) is 20.9. The zero-order valence-electron chi connectivity index (χ0n) is 11.2. The smallest absolute Gasteiger partial charge is 0.156 e. The highest BCUT2D eigenvalue weighted by molar-refractivity contribution is 5.92. The first kappa shape index (κ1) is 11.5. The Morgan fingerprint density at radius 3 is 2.56 bits per heavy atom. The molecule has 1 aliphatic carbocycles. The number of benzene rings is 1. The molecule has 1 heterocycles. The number of nitrogens with one attached hydrogen (secondary N) is 1. The Hall–Kier alpha value is -1.64. The molecule has 1 atom stereocenters. The second-order valence-corrected chi connectivity index (χ2v) is 5.95. The summed E-state index contributed by atoms with van der Waals surface area (Å²) >= 11 is 0. The molecule has 0 radical (unpaired) electrons. The van der Waals surface area contributed by atoms with Crippen molar-refractivity contribution in [2.45, 2.75) is 27.2 Å². The van der Waals surface area contributed by atoms with Gasteiger partial charge in [0.1, 0.15) is 0 Å². The van der Waals surface area contributed by atoms with Crippen LogP contribution in [0.2, 0.25) is 0 Å². The van der Waals surface area contributed by atoms with E-state index in [2.05, 4.69) is 47.6 Å². The van der Waals surface area contributed by atoms with Crippen LogP contribution in [0.15, 0.2) is 24.3 Å². The van der Waals surface area contributed by atoms with E-state index in [1.165, 1.54) is 17.2 Å². The molecule has 1 unspecified atom stereocenters. The zero-order chi connectivity index (χ0) is 12.8.